The standard InChI is InChI=1S/C21H30O6/c1-7-11(2)18(23)26-15-9-8-12(3)20(5)14(15)10-21(25-6)16(17(20)22)13(4)19(24)27-21/h7,12,14-15,17,22H,8-10H2,1-6H3/b11-7-/t12-,14-,15-,17+,20+,21-/m0/s1. The maximum atomic E-state index is 12.4. The molecule has 0 radical (unpaired) electrons. The van der Waals surface area contributed by atoms with Gasteiger partial charge in [0.2, 0.25) is 5.79 Å². The lowest BCUT2D eigenvalue weighted by atomic mass is 9.51. The number of hydrogen-bond acceptors (Lipinski definition) is 6. The first-order valence-corrected chi connectivity index (χ1v) is 9.64. The third-order valence-corrected chi connectivity index (χ3v) is 7.27. The molecule has 0 aromatic carbocycles. The number of rotatable bonds is 3. The van der Waals surface area contributed by atoms with Gasteiger partial charge >= 0.3 is 11.9 Å². The van der Waals surface area contributed by atoms with E-state index in [1.54, 1.807) is 26.8 Å². The smallest absolute Gasteiger partial charge is 0.336 e. The number of methoxy groups -OCH3 is 1. The average Bonchev–Trinajstić information content (AvgIpc) is 2.90. The topological polar surface area (TPSA) is 82.1 Å². The third-order valence-electron chi connectivity index (χ3n) is 7.27. The van der Waals surface area contributed by atoms with Crippen LogP contribution in [0.2, 0.25) is 0 Å². The molecule has 3 aliphatic rings. The number of aliphatic hydroxyl groups excluding tert-OH is 1. The summed E-state index contributed by atoms with van der Waals surface area (Å²) in [6.07, 6.45) is 2.37. The van der Waals surface area contributed by atoms with Gasteiger partial charge in [0.1, 0.15) is 6.10 Å². The minimum atomic E-state index is -1.28. The van der Waals surface area contributed by atoms with E-state index in [-0.39, 0.29) is 23.9 Å². The number of allylic oxidation sites excluding steroid dienone is 1. The van der Waals surface area contributed by atoms with Gasteiger partial charge < -0.3 is 19.3 Å². The molecular formula is C21H30O6. The molecule has 1 heterocycles. The summed E-state index contributed by atoms with van der Waals surface area (Å²) in [5.41, 5.74) is 0.953. The van der Waals surface area contributed by atoms with E-state index in [0.717, 1.165) is 6.42 Å². The highest BCUT2D eigenvalue weighted by Crippen LogP contribution is 2.60. The fourth-order valence-corrected chi connectivity index (χ4v) is 5.08. The highest BCUT2D eigenvalue weighted by Gasteiger charge is 2.65. The summed E-state index contributed by atoms with van der Waals surface area (Å²) in [6.45, 7) is 9.33. The van der Waals surface area contributed by atoms with E-state index in [0.29, 0.717) is 29.6 Å². The fourth-order valence-electron chi connectivity index (χ4n) is 5.08. The van der Waals surface area contributed by atoms with Crippen LogP contribution < -0.4 is 0 Å². The highest BCUT2D eigenvalue weighted by atomic mass is 16.7. The van der Waals surface area contributed by atoms with Crippen LogP contribution in [-0.2, 0) is 23.8 Å². The summed E-state index contributed by atoms with van der Waals surface area (Å²) in [6, 6.07) is 0. The first kappa shape index (κ1) is 20.1. The Morgan fingerprint density at radius 1 is 1.37 bits per heavy atom. The zero-order valence-electron chi connectivity index (χ0n) is 17.0. The minimum Gasteiger partial charge on any atom is -0.459 e. The molecule has 6 atom stereocenters. The van der Waals surface area contributed by atoms with Gasteiger partial charge in [-0.1, -0.05) is 19.9 Å². The molecule has 0 aromatic heterocycles. The van der Waals surface area contributed by atoms with Crippen LogP contribution in [0.25, 0.3) is 0 Å². The van der Waals surface area contributed by atoms with Crippen LogP contribution in [-0.4, -0.2) is 42.1 Å². The molecule has 6 nitrogen and oxygen atoms in total. The summed E-state index contributed by atoms with van der Waals surface area (Å²) in [5.74, 6) is -2.07. The van der Waals surface area contributed by atoms with Crippen LogP contribution in [0.1, 0.15) is 53.9 Å². The van der Waals surface area contributed by atoms with Crippen molar-refractivity contribution in [3.8, 4) is 0 Å². The van der Waals surface area contributed by atoms with Crippen LogP contribution in [0.3, 0.4) is 0 Å². The van der Waals surface area contributed by atoms with E-state index >= 15 is 0 Å². The Labute approximate surface area is 160 Å². The van der Waals surface area contributed by atoms with Crippen molar-refractivity contribution >= 4 is 11.9 Å². The lowest BCUT2D eigenvalue weighted by Gasteiger charge is -2.58. The van der Waals surface area contributed by atoms with E-state index < -0.39 is 23.3 Å². The number of fused-ring (bicyclic) bond motifs is 2. The number of carbonyl (C=O) groups excluding carboxylic acids is 2. The molecule has 0 amide bonds. The monoisotopic (exact) mass is 378 g/mol. The van der Waals surface area contributed by atoms with Gasteiger partial charge in [0.05, 0.1) is 6.10 Å². The second-order valence-electron chi connectivity index (χ2n) is 8.36. The SMILES string of the molecule is C/C=C(/C)C(=O)O[C@H]1CC[C@H](C)[C@@]2(C)[C@H](O)C3=C(C)C(=O)O[C@@]3(OC)C[C@@H]12. The summed E-state index contributed by atoms with van der Waals surface area (Å²) in [5, 5.41) is 11.4. The Hall–Kier alpha value is -1.66. The Bertz CT molecular complexity index is 722. The van der Waals surface area contributed by atoms with Crippen molar-refractivity contribution in [2.24, 2.45) is 17.3 Å². The highest BCUT2D eigenvalue weighted by molar-refractivity contribution is 5.92. The molecular weight excluding hydrogens is 348 g/mol. The number of hydrogen-bond donors (Lipinski definition) is 1. The van der Waals surface area contributed by atoms with Crippen LogP contribution in [0.5, 0.6) is 0 Å². The first-order chi connectivity index (χ1) is 12.6. The zero-order chi connectivity index (χ0) is 20.1. The van der Waals surface area contributed by atoms with Gasteiger partial charge in [-0.15, -0.1) is 0 Å². The number of ether oxygens (including phenoxy) is 3. The number of carbonyl (C=O) groups is 2. The van der Waals surface area contributed by atoms with E-state index in [4.69, 9.17) is 14.2 Å². The van der Waals surface area contributed by atoms with Crippen molar-refractivity contribution in [1.82, 2.24) is 0 Å². The van der Waals surface area contributed by atoms with Gasteiger partial charge in [0, 0.05) is 41.6 Å². The summed E-state index contributed by atoms with van der Waals surface area (Å²) in [7, 11) is 1.48. The fraction of sp³-hybridized carbons (Fsp3) is 0.714. The van der Waals surface area contributed by atoms with Crippen LogP contribution in [0.15, 0.2) is 22.8 Å². The zero-order valence-corrected chi connectivity index (χ0v) is 17.0. The molecule has 0 bridgehead atoms. The number of aliphatic hydroxyl groups is 1. The molecule has 1 aliphatic heterocycles. The largest absolute Gasteiger partial charge is 0.459 e. The van der Waals surface area contributed by atoms with E-state index in [1.807, 2.05) is 6.92 Å². The molecule has 2 saturated carbocycles. The van der Waals surface area contributed by atoms with Crippen molar-refractivity contribution < 1.29 is 28.9 Å². The Morgan fingerprint density at radius 2 is 2.04 bits per heavy atom. The maximum absolute atomic E-state index is 12.4. The quantitative estimate of drug-likeness (QED) is 0.601. The summed E-state index contributed by atoms with van der Waals surface area (Å²) >= 11 is 0. The van der Waals surface area contributed by atoms with Crippen molar-refractivity contribution in [2.75, 3.05) is 7.11 Å². The van der Waals surface area contributed by atoms with Gasteiger partial charge in [0.15, 0.2) is 0 Å². The lowest BCUT2D eigenvalue weighted by Crippen LogP contribution is -2.62. The molecule has 6 heteroatoms. The third kappa shape index (κ3) is 2.76. The van der Waals surface area contributed by atoms with Gasteiger partial charge in [0.25, 0.3) is 0 Å². The molecule has 0 spiro atoms. The minimum absolute atomic E-state index is 0.188. The Kier molecular flexibility index (Phi) is 5.02. The van der Waals surface area contributed by atoms with Crippen molar-refractivity contribution in [2.45, 2.75) is 71.9 Å². The summed E-state index contributed by atoms with van der Waals surface area (Å²) in [4.78, 5) is 24.7. The maximum Gasteiger partial charge on any atom is 0.336 e. The van der Waals surface area contributed by atoms with E-state index in [2.05, 4.69) is 6.92 Å². The molecule has 1 N–H and O–H groups in total. The molecule has 150 valence electrons. The Balaban J connectivity index is 2.03. The lowest BCUT2D eigenvalue weighted by molar-refractivity contribution is -0.247. The molecule has 2 aliphatic carbocycles. The van der Waals surface area contributed by atoms with Gasteiger partial charge in [-0.05, 0) is 39.5 Å². The molecule has 0 unspecified atom stereocenters. The first-order valence-electron chi connectivity index (χ1n) is 9.64. The van der Waals surface area contributed by atoms with Crippen LogP contribution >= 0.6 is 0 Å². The van der Waals surface area contributed by atoms with Crippen LogP contribution in [0, 0.1) is 17.3 Å². The number of esters is 2. The average molecular weight is 378 g/mol. The van der Waals surface area contributed by atoms with Crippen molar-refractivity contribution in [1.29, 1.82) is 0 Å². The Morgan fingerprint density at radius 3 is 2.63 bits per heavy atom. The van der Waals surface area contributed by atoms with Crippen LogP contribution in [0.4, 0.5) is 0 Å². The second-order valence-corrected chi connectivity index (χ2v) is 8.36. The molecule has 0 saturated heterocycles. The second kappa shape index (κ2) is 6.74. The van der Waals surface area contributed by atoms with E-state index in [1.165, 1.54) is 7.11 Å². The predicted molar refractivity (Wildman–Crippen MR) is 98.5 cm³/mol. The normalized spacial score (nSPS) is 41.7. The van der Waals surface area contributed by atoms with E-state index in [9.17, 15) is 14.7 Å². The molecule has 3 rings (SSSR count). The van der Waals surface area contributed by atoms with Gasteiger partial charge in [-0.25, -0.2) is 9.59 Å². The van der Waals surface area contributed by atoms with Crippen molar-refractivity contribution in [3.63, 3.8) is 0 Å². The summed E-state index contributed by atoms with van der Waals surface area (Å²) < 4.78 is 17.1. The molecule has 27 heavy (non-hydrogen) atoms. The van der Waals surface area contributed by atoms with Crippen molar-refractivity contribution in [3.05, 3.63) is 22.8 Å². The predicted octanol–water partition coefficient (Wildman–Crippen LogP) is 2.90. The molecule has 0 aromatic rings. The van der Waals surface area contributed by atoms with Gasteiger partial charge in [-0.2, -0.15) is 0 Å². The van der Waals surface area contributed by atoms with Gasteiger partial charge in [-0.3, -0.25) is 0 Å². The molecule has 2 fully saturated rings.